The molecule has 2 heteroatoms. The highest BCUT2D eigenvalue weighted by atomic mass is 16.5. The molecule has 122 valence electrons. The third-order valence-corrected chi connectivity index (χ3v) is 4.43. The Morgan fingerprint density at radius 1 is 1.29 bits per heavy atom. The van der Waals surface area contributed by atoms with Crippen molar-refractivity contribution in [2.24, 2.45) is 0 Å². The van der Waals surface area contributed by atoms with Gasteiger partial charge in [-0.3, -0.25) is 0 Å². The molecule has 0 saturated carbocycles. The van der Waals surface area contributed by atoms with Gasteiger partial charge in [0.25, 0.3) is 0 Å². The van der Waals surface area contributed by atoms with E-state index in [9.17, 15) is 5.11 Å². The number of phenols is 1. The Morgan fingerprint density at radius 2 is 2.12 bits per heavy atom. The Hall–Kier alpha value is -2.74. The normalized spacial score (nSPS) is 20.1. The van der Waals surface area contributed by atoms with E-state index in [0.29, 0.717) is 0 Å². The van der Waals surface area contributed by atoms with Crippen molar-refractivity contribution in [1.82, 2.24) is 0 Å². The number of hydrogen-bond donors (Lipinski definition) is 1. The van der Waals surface area contributed by atoms with Crippen molar-refractivity contribution in [2.45, 2.75) is 25.9 Å². The number of rotatable bonds is 4. The molecule has 0 saturated heterocycles. The summed E-state index contributed by atoms with van der Waals surface area (Å²) in [6.45, 7) is 9.82. The first-order valence-electron chi connectivity index (χ1n) is 8.18. The molecule has 0 spiro atoms. The summed E-state index contributed by atoms with van der Waals surface area (Å²) in [5, 5.41) is 9.86. The quantitative estimate of drug-likeness (QED) is 0.743. The van der Waals surface area contributed by atoms with Gasteiger partial charge in [0.05, 0.1) is 0 Å². The monoisotopic (exact) mass is 318 g/mol. The summed E-state index contributed by atoms with van der Waals surface area (Å²) in [7, 11) is 0. The van der Waals surface area contributed by atoms with Gasteiger partial charge in [-0.2, -0.15) is 0 Å². The summed E-state index contributed by atoms with van der Waals surface area (Å²) in [5.74, 6) is 1.02. The summed E-state index contributed by atoms with van der Waals surface area (Å²) in [5.41, 5.74) is 5.32. The van der Waals surface area contributed by atoms with E-state index in [0.717, 1.165) is 40.9 Å². The van der Waals surface area contributed by atoms with Crippen molar-refractivity contribution >= 4 is 5.57 Å². The Bertz CT molecular complexity index is 803. The average molecular weight is 318 g/mol. The largest absolute Gasteiger partial charge is 0.508 e. The highest BCUT2D eigenvalue weighted by Crippen LogP contribution is 2.43. The zero-order chi connectivity index (χ0) is 17.1. The number of allylic oxidation sites excluding steroid dienone is 6. The number of benzene rings is 1. The highest BCUT2D eigenvalue weighted by Gasteiger charge is 2.30. The first kappa shape index (κ1) is 16.1. The average Bonchev–Trinajstić information content (AvgIpc) is 2.61. The van der Waals surface area contributed by atoms with Gasteiger partial charge in [-0.25, -0.2) is 0 Å². The van der Waals surface area contributed by atoms with Crippen LogP contribution in [0.15, 0.2) is 84.5 Å². The van der Waals surface area contributed by atoms with Gasteiger partial charge in [0.2, 0.25) is 0 Å². The molecule has 0 fully saturated rings. The fourth-order valence-corrected chi connectivity index (χ4v) is 3.26. The minimum atomic E-state index is -0.230. The Labute approximate surface area is 143 Å². The molecule has 1 aliphatic carbocycles. The smallest absolute Gasteiger partial charge is 0.150 e. The first-order chi connectivity index (χ1) is 11.7. The molecule has 1 atom stereocenters. The van der Waals surface area contributed by atoms with Crippen LogP contribution in [0.4, 0.5) is 0 Å². The van der Waals surface area contributed by atoms with Crippen LogP contribution >= 0.6 is 0 Å². The SMILES string of the molecule is C=CC=C(C=C)C1Oc2ccc(O)cc2C(C)=C1C1=CCCC=C1. The molecule has 24 heavy (non-hydrogen) atoms. The van der Waals surface area contributed by atoms with Gasteiger partial charge in [0.15, 0.2) is 0 Å². The lowest BCUT2D eigenvalue weighted by Gasteiger charge is -2.32. The van der Waals surface area contributed by atoms with Gasteiger partial charge in [0.1, 0.15) is 17.6 Å². The Morgan fingerprint density at radius 3 is 2.79 bits per heavy atom. The fourth-order valence-electron chi connectivity index (χ4n) is 3.26. The first-order valence-corrected chi connectivity index (χ1v) is 8.18. The number of hydrogen-bond acceptors (Lipinski definition) is 2. The van der Waals surface area contributed by atoms with Gasteiger partial charge in [-0.1, -0.05) is 49.6 Å². The summed E-state index contributed by atoms with van der Waals surface area (Å²) in [6, 6.07) is 5.23. The van der Waals surface area contributed by atoms with E-state index in [2.05, 4.69) is 38.3 Å². The molecule has 2 aliphatic rings. The molecule has 0 bridgehead atoms. The Balaban J connectivity index is 2.21. The molecule has 2 nitrogen and oxygen atoms in total. The van der Waals surface area contributed by atoms with Crippen LogP contribution in [-0.2, 0) is 0 Å². The minimum absolute atomic E-state index is 0.230. The maximum Gasteiger partial charge on any atom is 0.150 e. The number of fused-ring (bicyclic) bond motifs is 1. The summed E-state index contributed by atoms with van der Waals surface area (Å²) < 4.78 is 6.30. The molecule has 3 rings (SSSR count). The van der Waals surface area contributed by atoms with Crippen LogP contribution in [-0.4, -0.2) is 11.2 Å². The van der Waals surface area contributed by atoms with Crippen molar-refractivity contribution in [1.29, 1.82) is 0 Å². The predicted octanol–water partition coefficient (Wildman–Crippen LogP) is 5.50. The van der Waals surface area contributed by atoms with Crippen LogP contribution in [0.5, 0.6) is 11.5 Å². The lowest BCUT2D eigenvalue weighted by Crippen LogP contribution is -2.27. The molecule has 0 radical (unpaired) electrons. The molecule has 1 unspecified atom stereocenters. The van der Waals surface area contributed by atoms with E-state index < -0.39 is 0 Å². The lowest BCUT2D eigenvalue weighted by molar-refractivity contribution is 0.272. The molecule has 0 amide bonds. The van der Waals surface area contributed by atoms with Gasteiger partial charge >= 0.3 is 0 Å². The second-order valence-corrected chi connectivity index (χ2v) is 5.96. The van der Waals surface area contributed by atoms with Crippen molar-refractivity contribution < 1.29 is 9.84 Å². The fraction of sp³-hybridized carbons (Fsp3) is 0.182. The summed E-state index contributed by atoms with van der Waals surface area (Å²) in [4.78, 5) is 0. The molecule has 1 aromatic carbocycles. The van der Waals surface area contributed by atoms with Crippen molar-refractivity contribution in [2.75, 3.05) is 0 Å². The van der Waals surface area contributed by atoms with E-state index in [-0.39, 0.29) is 11.9 Å². The van der Waals surface area contributed by atoms with E-state index in [1.165, 1.54) is 5.57 Å². The predicted molar refractivity (Wildman–Crippen MR) is 100 cm³/mol. The van der Waals surface area contributed by atoms with Crippen LogP contribution in [0.1, 0.15) is 25.3 Å². The zero-order valence-corrected chi connectivity index (χ0v) is 14.0. The zero-order valence-electron chi connectivity index (χ0n) is 14.0. The maximum absolute atomic E-state index is 9.86. The van der Waals surface area contributed by atoms with E-state index in [1.54, 1.807) is 18.2 Å². The second-order valence-electron chi connectivity index (χ2n) is 5.96. The van der Waals surface area contributed by atoms with E-state index in [1.807, 2.05) is 18.2 Å². The van der Waals surface area contributed by atoms with Crippen molar-refractivity contribution in [3.63, 3.8) is 0 Å². The van der Waals surface area contributed by atoms with Crippen LogP contribution < -0.4 is 4.74 Å². The second kappa shape index (κ2) is 6.79. The van der Waals surface area contributed by atoms with Crippen LogP contribution in [0, 0.1) is 0 Å². The molecular formula is C22H22O2. The van der Waals surface area contributed by atoms with Crippen LogP contribution in [0.25, 0.3) is 5.57 Å². The van der Waals surface area contributed by atoms with Crippen LogP contribution in [0.3, 0.4) is 0 Å². The van der Waals surface area contributed by atoms with Gasteiger partial charge < -0.3 is 9.84 Å². The number of ether oxygens (including phenoxy) is 1. The highest BCUT2D eigenvalue weighted by molar-refractivity contribution is 5.80. The van der Waals surface area contributed by atoms with Gasteiger partial charge in [0, 0.05) is 11.1 Å². The van der Waals surface area contributed by atoms with Crippen molar-refractivity contribution in [3.8, 4) is 11.5 Å². The van der Waals surface area contributed by atoms with Crippen LogP contribution in [0.2, 0.25) is 0 Å². The lowest BCUT2D eigenvalue weighted by atomic mass is 9.84. The molecule has 1 N–H and O–H groups in total. The molecule has 0 aromatic heterocycles. The minimum Gasteiger partial charge on any atom is -0.508 e. The van der Waals surface area contributed by atoms with Gasteiger partial charge in [-0.05, 0) is 54.7 Å². The third-order valence-electron chi connectivity index (χ3n) is 4.43. The standard InChI is InChI=1S/C22H22O2/c1-4-9-16(5-2)22-21(17-10-7-6-8-11-17)15(3)19-14-18(23)12-13-20(19)24-22/h4-5,7,9-14,22-23H,1-2,6,8H2,3H3. The van der Waals surface area contributed by atoms with E-state index in [4.69, 9.17) is 4.74 Å². The van der Waals surface area contributed by atoms with E-state index >= 15 is 0 Å². The summed E-state index contributed by atoms with van der Waals surface area (Å²) >= 11 is 0. The van der Waals surface area contributed by atoms with Gasteiger partial charge in [-0.15, -0.1) is 0 Å². The third kappa shape index (κ3) is 2.88. The number of aromatic hydroxyl groups is 1. The molecule has 1 heterocycles. The molecular weight excluding hydrogens is 296 g/mol. The van der Waals surface area contributed by atoms with Crippen molar-refractivity contribution in [3.05, 3.63) is 90.1 Å². The maximum atomic E-state index is 9.86. The topological polar surface area (TPSA) is 29.5 Å². The number of phenolic OH excluding ortho intramolecular Hbond substituents is 1. The Kier molecular flexibility index (Phi) is 4.57. The molecule has 1 aromatic rings. The summed E-state index contributed by atoms with van der Waals surface area (Å²) in [6.07, 6.45) is 14.0. The molecule has 1 aliphatic heterocycles.